The maximum Gasteiger partial charge on any atom is 0.281 e. The molecule has 18 heavy (non-hydrogen) atoms. The summed E-state index contributed by atoms with van der Waals surface area (Å²) in [5.74, 6) is 0. The van der Waals surface area contributed by atoms with Gasteiger partial charge in [-0.25, -0.2) is 0 Å². The quantitative estimate of drug-likeness (QED) is 0.630. The lowest BCUT2D eigenvalue weighted by molar-refractivity contribution is 0.179. The predicted octanol–water partition coefficient (Wildman–Crippen LogP) is -0.117. The summed E-state index contributed by atoms with van der Waals surface area (Å²) in [5.41, 5.74) is 0. The van der Waals surface area contributed by atoms with Crippen LogP contribution >= 0.6 is 0 Å². The molecule has 0 amide bonds. The van der Waals surface area contributed by atoms with Crippen molar-refractivity contribution in [2.45, 2.75) is 25.8 Å². The van der Waals surface area contributed by atoms with Crippen LogP contribution < -0.4 is 5.32 Å². The molecule has 1 heterocycles. The summed E-state index contributed by atoms with van der Waals surface area (Å²) in [6.07, 6.45) is 1.60. The van der Waals surface area contributed by atoms with Crippen LogP contribution in [-0.4, -0.2) is 70.0 Å². The van der Waals surface area contributed by atoms with Crippen LogP contribution in [0.2, 0.25) is 0 Å². The van der Waals surface area contributed by atoms with E-state index in [0.29, 0.717) is 19.8 Å². The molecule has 0 aromatic rings. The van der Waals surface area contributed by atoms with Crippen molar-refractivity contribution in [2.24, 2.45) is 0 Å². The van der Waals surface area contributed by atoms with Gasteiger partial charge in [-0.1, -0.05) is 6.92 Å². The molecule has 1 aliphatic heterocycles. The van der Waals surface area contributed by atoms with Crippen molar-refractivity contribution in [1.29, 1.82) is 0 Å². The number of hydrogen-bond donors (Lipinski definition) is 1. The average molecular weight is 279 g/mol. The molecule has 6 nitrogen and oxygen atoms in total. The average Bonchev–Trinajstić information content (AvgIpc) is 2.86. The van der Waals surface area contributed by atoms with E-state index < -0.39 is 10.2 Å². The van der Waals surface area contributed by atoms with Crippen molar-refractivity contribution < 1.29 is 13.2 Å². The zero-order valence-electron chi connectivity index (χ0n) is 11.6. The Morgan fingerprint density at radius 1 is 1.39 bits per heavy atom. The van der Waals surface area contributed by atoms with Gasteiger partial charge in [0.2, 0.25) is 0 Å². The maximum absolute atomic E-state index is 12.3. The summed E-state index contributed by atoms with van der Waals surface area (Å²) >= 11 is 0. The van der Waals surface area contributed by atoms with Crippen molar-refractivity contribution in [3.8, 4) is 0 Å². The molecule has 0 aromatic carbocycles. The summed E-state index contributed by atoms with van der Waals surface area (Å²) < 4.78 is 32.6. The minimum atomic E-state index is -3.35. The highest BCUT2D eigenvalue weighted by Gasteiger charge is 2.31. The lowest BCUT2D eigenvalue weighted by atomic mass is 10.3. The topological polar surface area (TPSA) is 61.9 Å². The summed E-state index contributed by atoms with van der Waals surface area (Å²) in [7, 11) is -0.0838. The van der Waals surface area contributed by atoms with Gasteiger partial charge in [0.15, 0.2) is 0 Å². The minimum Gasteiger partial charge on any atom is -0.380 e. The van der Waals surface area contributed by atoms with E-state index in [4.69, 9.17) is 4.74 Å². The van der Waals surface area contributed by atoms with Crippen LogP contribution in [0.4, 0.5) is 0 Å². The van der Waals surface area contributed by atoms with Crippen LogP contribution in [0.5, 0.6) is 0 Å². The monoisotopic (exact) mass is 279 g/mol. The molecular formula is C11H25N3O3S. The summed E-state index contributed by atoms with van der Waals surface area (Å²) in [5, 5.41) is 3.18. The first-order chi connectivity index (χ1) is 8.50. The molecule has 0 bridgehead atoms. The van der Waals surface area contributed by atoms with E-state index in [1.807, 2.05) is 6.92 Å². The Labute approximate surface area is 110 Å². The highest BCUT2D eigenvalue weighted by Crippen LogP contribution is 2.16. The van der Waals surface area contributed by atoms with Crippen molar-refractivity contribution in [3.05, 3.63) is 0 Å². The maximum atomic E-state index is 12.3. The van der Waals surface area contributed by atoms with Crippen molar-refractivity contribution in [1.82, 2.24) is 13.9 Å². The second kappa shape index (κ2) is 7.40. The predicted molar refractivity (Wildman–Crippen MR) is 71.7 cm³/mol. The second-order valence-corrected chi connectivity index (χ2v) is 6.67. The van der Waals surface area contributed by atoms with Crippen LogP contribution in [0.1, 0.15) is 19.8 Å². The molecule has 1 rings (SSSR count). The highest BCUT2D eigenvalue weighted by molar-refractivity contribution is 7.86. The van der Waals surface area contributed by atoms with E-state index in [2.05, 4.69) is 5.32 Å². The highest BCUT2D eigenvalue weighted by atomic mass is 32.2. The first-order valence-corrected chi connectivity index (χ1v) is 7.87. The van der Waals surface area contributed by atoms with Gasteiger partial charge in [-0.2, -0.15) is 17.0 Å². The molecule has 0 spiro atoms. The van der Waals surface area contributed by atoms with E-state index in [-0.39, 0.29) is 6.04 Å². The Morgan fingerprint density at radius 3 is 2.67 bits per heavy atom. The molecule has 0 saturated carbocycles. The fourth-order valence-corrected chi connectivity index (χ4v) is 3.28. The number of likely N-dealkylation sites (N-methyl/N-ethyl adjacent to an activating group) is 1. The SMILES string of the molecule is CCNCCCN(C)S(=O)(=O)N(C)C1CCOC1. The van der Waals surface area contributed by atoms with Crippen molar-refractivity contribution >= 4 is 10.2 Å². The third kappa shape index (κ3) is 4.17. The first kappa shape index (κ1) is 15.8. The molecule has 0 aliphatic carbocycles. The lowest BCUT2D eigenvalue weighted by Crippen LogP contribution is -2.45. The lowest BCUT2D eigenvalue weighted by Gasteiger charge is -2.27. The summed E-state index contributed by atoms with van der Waals surface area (Å²) in [6.45, 7) is 5.47. The van der Waals surface area contributed by atoms with Gasteiger partial charge in [0, 0.05) is 27.2 Å². The molecular weight excluding hydrogens is 254 g/mol. The molecule has 0 radical (unpaired) electrons. The number of ether oxygens (including phenoxy) is 1. The zero-order valence-corrected chi connectivity index (χ0v) is 12.4. The number of rotatable bonds is 8. The molecule has 108 valence electrons. The Kier molecular flexibility index (Phi) is 6.51. The van der Waals surface area contributed by atoms with Crippen LogP contribution in [0.15, 0.2) is 0 Å². The van der Waals surface area contributed by atoms with Gasteiger partial charge in [-0.05, 0) is 25.9 Å². The third-order valence-electron chi connectivity index (χ3n) is 3.25. The smallest absolute Gasteiger partial charge is 0.281 e. The van der Waals surface area contributed by atoms with Crippen LogP contribution in [0, 0.1) is 0 Å². The molecule has 1 aliphatic rings. The van der Waals surface area contributed by atoms with Crippen LogP contribution in [-0.2, 0) is 14.9 Å². The first-order valence-electron chi connectivity index (χ1n) is 6.48. The normalized spacial score (nSPS) is 21.1. The van der Waals surface area contributed by atoms with Gasteiger partial charge in [0.1, 0.15) is 0 Å². The van der Waals surface area contributed by atoms with E-state index in [1.165, 1.54) is 8.61 Å². The van der Waals surface area contributed by atoms with E-state index >= 15 is 0 Å². The second-order valence-electron chi connectivity index (χ2n) is 4.57. The molecule has 1 saturated heterocycles. The minimum absolute atomic E-state index is 0.0220. The zero-order chi connectivity index (χ0) is 13.6. The molecule has 0 aromatic heterocycles. The van der Waals surface area contributed by atoms with Gasteiger partial charge >= 0.3 is 0 Å². The van der Waals surface area contributed by atoms with E-state index in [0.717, 1.165) is 25.9 Å². The van der Waals surface area contributed by atoms with Crippen LogP contribution in [0.25, 0.3) is 0 Å². The molecule has 1 unspecified atom stereocenters. The molecule has 1 N–H and O–H groups in total. The van der Waals surface area contributed by atoms with Gasteiger partial charge in [0.25, 0.3) is 10.2 Å². The van der Waals surface area contributed by atoms with Crippen molar-refractivity contribution in [3.63, 3.8) is 0 Å². The Bertz CT molecular complexity index is 328. The Balaban J connectivity index is 2.45. The standard InChI is InChI=1S/C11H25N3O3S/c1-4-12-7-5-8-13(2)18(15,16)14(3)11-6-9-17-10-11/h11-12H,4-10H2,1-3H3. The number of nitrogens with zero attached hydrogens (tertiary/aromatic N) is 2. The van der Waals surface area contributed by atoms with Crippen molar-refractivity contribution in [2.75, 3.05) is 46.9 Å². The Hall–Kier alpha value is -0.210. The third-order valence-corrected chi connectivity index (χ3v) is 5.25. The van der Waals surface area contributed by atoms with E-state index in [1.54, 1.807) is 14.1 Å². The number of hydrogen-bond acceptors (Lipinski definition) is 4. The van der Waals surface area contributed by atoms with Gasteiger partial charge in [-0.3, -0.25) is 0 Å². The fraction of sp³-hybridized carbons (Fsp3) is 1.00. The largest absolute Gasteiger partial charge is 0.380 e. The van der Waals surface area contributed by atoms with Gasteiger partial charge < -0.3 is 10.1 Å². The summed E-state index contributed by atoms with van der Waals surface area (Å²) in [4.78, 5) is 0. The van der Waals surface area contributed by atoms with E-state index in [9.17, 15) is 8.42 Å². The Morgan fingerprint density at radius 2 is 2.11 bits per heavy atom. The van der Waals surface area contributed by atoms with Gasteiger partial charge in [-0.15, -0.1) is 0 Å². The van der Waals surface area contributed by atoms with Crippen LogP contribution in [0.3, 0.4) is 0 Å². The number of nitrogens with one attached hydrogen (secondary N) is 1. The molecule has 1 atom stereocenters. The molecule has 7 heteroatoms. The summed E-state index contributed by atoms with van der Waals surface area (Å²) in [6, 6.07) is -0.0220. The fourth-order valence-electron chi connectivity index (χ4n) is 1.94. The van der Waals surface area contributed by atoms with Gasteiger partial charge in [0.05, 0.1) is 12.6 Å². The molecule has 1 fully saturated rings.